The highest BCUT2D eigenvalue weighted by Gasteiger charge is 2.13. The van der Waals surface area contributed by atoms with Crippen LogP contribution in [0.5, 0.6) is 0 Å². The van der Waals surface area contributed by atoms with Gasteiger partial charge in [-0.2, -0.15) is 10.2 Å². The van der Waals surface area contributed by atoms with E-state index in [1.165, 1.54) is 0 Å². The molecule has 0 aliphatic heterocycles. The number of hydrogen-bond acceptors (Lipinski definition) is 5. The lowest BCUT2D eigenvalue weighted by Crippen LogP contribution is -1.83. The van der Waals surface area contributed by atoms with Gasteiger partial charge >= 0.3 is 0 Å². The summed E-state index contributed by atoms with van der Waals surface area (Å²) in [4.78, 5) is 4.93. The molecule has 0 aliphatic rings. The van der Waals surface area contributed by atoms with Crippen molar-refractivity contribution < 1.29 is 4.42 Å². The number of oxazole rings is 1. The average molecular weight is 241 g/mol. The van der Waals surface area contributed by atoms with E-state index in [1.807, 2.05) is 36.4 Å². The third-order valence-electron chi connectivity index (χ3n) is 2.40. The van der Waals surface area contributed by atoms with Gasteiger partial charge in [0.15, 0.2) is 0 Å². The van der Waals surface area contributed by atoms with Gasteiger partial charge in [0.25, 0.3) is 0 Å². The Hall–Kier alpha value is -2.32. The van der Waals surface area contributed by atoms with Crippen LogP contribution in [0.15, 0.2) is 34.7 Å². The van der Waals surface area contributed by atoms with E-state index >= 15 is 0 Å². The lowest BCUT2D eigenvalue weighted by Gasteiger charge is -1.84. The van der Waals surface area contributed by atoms with Crippen molar-refractivity contribution in [3.8, 4) is 16.8 Å². The number of nitrogens with two attached hydrogens (primary N) is 1. The van der Waals surface area contributed by atoms with Crippen molar-refractivity contribution in [2.75, 3.05) is 5.73 Å². The highest BCUT2D eigenvalue weighted by atomic mass is 32.1. The fourth-order valence-corrected chi connectivity index (χ4v) is 2.59. The van der Waals surface area contributed by atoms with Crippen molar-refractivity contribution in [3.63, 3.8) is 0 Å². The Balaban J connectivity index is 2.17. The van der Waals surface area contributed by atoms with E-state index in [4.69, 9.17) is 15.4 Å². The lowest BCUT2D eigenvalue weighted by atomic mass is 10.2. The zero-order valence-corrected chi connectivity index (χ0v) is 9.49. The second kappa shape index (κ2) is 3.61. The highest BCUT2D eigenvalue weighted by molar-refractivity contribution is 7.22. The molecule has 0 fully saturated rings. The van der Waals surface area contributed by atoms with Gasteiger partial charge in [0.1, 0.15) is 6.07 Å². The predicted molar refractivity (Wildman–Crippen MR) is 66.4 cm³/mol. The topological polar surface area (TPSA) is 75.8 Å². The van der Waals surface area contributed by atoms with Gasteiger partial charge in [-0.05, 0) is 17.5 Å². The molecule has 2 heterocycles. The molecule has 2 aromatic heterocycles. The molecule has 4 nitrogen and oxygen atoms in total. The van der Waals surface area contributed by atoms with Crippen LogP contribution in [0.25, 0.3) is 20.9 Å². The lowest BCUT2D eigenvalue weighted by molar-refractivity contribution is 0.595. The average Bonchev–Trinajstić information content (AvgIpc) is 2.91. The number of benzene rings is 1. The molecule has 2 N–H and O–H groups in total. The number of nitrogens with zero attached hydrogens (tertiary/aromatic N) is 2. The van der Waals surface area contributed by atoms with Crippen molar-refractivity contribution in [1.82, 2.24) is 4.98 Å². The van der Waals surface area contributed by atoms with Gasteiger partial charge in [-0.15, -0.1) is 11.3 Å². The summed E-state index contributed by atoms with van der Waals surface area (Å²) >= 11 is 1.56. The van der Waals surface area contributed by atoms with Crippen LogP contribution in [0.1, 0.15) is 5.69 Å². The van der Waals surface area contributed by atoms with E-state index in [9.17, 15) is 0 Å². The second-order valence-electron chi connectivity index (χ2n) is 3.49. The van der Waals surface area contributed by atoms with Crippen LogP contribution in [-0.4, -0.2) is 4.98 Å². The van der Waals surface area contributed by atoms with Gasteiger partial charge in [0.05, 0.1) is 4.88 Å². The minimum absolute atomic E-state index is 0.0694. The van der Waals surface area contributed by atoms with Crippen molar-refractivity contribution in [3.05, 3.63) is 36.0 Å². The fraction of sp³-hybridized carbons (Fsp3) is 0. The van der Waals surface area contributed by atoms with Gasteiger partial charge in [-0.25, -0.2) is 0 Å². The van der Waals surface area contributed by atoms with Crippen LogP contribution in [-0.2, 0) is 0 Å². The SMILES string of the molecule is N#Cc1nc(-c2cc3ccccc3s2)oc1N. The minimum atomic E-state index is 0.0694. The third-order valence-corrected chi connectivity index (χ3v) is 3.50. The van der Waals surface area contributed by atoms with E-state index < -0.39 is 0 Å². The van der Waals surface area contributed by atoms with Crippen LogP contribution in [0, 0.1) is 11.3 Å². The monoisotopic (exact) mass is 241 g/mol. The van der Waals surface area contributed by atoms with E-state index in [-0.39, 0.29) is 11.6 Å². The summed E-state index contributed by atoms with van der Waals surface area (Å²) < 4.78 is 6.43. The van der Waals surface area contributed by atoms with Gasteiger partial charge in [-0.1, -0.05) is 18.2 Å². The summed E-state index contributed by atoms with van der Waals surface area (Å²) in [6.07, 6.45) is 0. The smallest absolute Gasteiger partial charge is 0.240 e. The van der Waals surface area contributed by atoms with E-state index in [0.29, 0.717) is 5.89 Å². The Bertz CT molecular complexity index is 703. The Labute approximate surface area is 101 Å². The number of rotatable bonds is 1. The maximum atomic E-state index is 8.77. The molecule has 0 bridgehead atoms. The molecule has 0 atom stereocenters. The molecule has 5 heteroatoms. The van der Waals surface area contributed by atoms with Gasteiger partial charge in [-0.3, -0.25) is 0 Å². The number of thiophene rings is 1. The molecule has 0 spiro atoms. The quantitative estimate of drug-likeness (QED) is 0.710. The summed E-state index contributed by atoms with van der Waals surface area (Å²) in [7, 11) is 0. The summed E-state index contributed by atoms with van der Waals surface area (Å²) in [6, 6.07) is 11.9. The van der Waals surface area contributed by atoms with Crippen LogP contribution < -0.4 is 5.73 Å². The van der Waals surface area contributed by atoms with Crippen molar-refractivity contribution in [2.45, 2.75) is 0 Å². The van der Waals surface area contributed by atoms with Gasteiger partial charge in [0.2, 0.25) is 17.5 Å². The summed E-state index contributed by atoms with van der Waals surface area (Å²) in [5.74, 6) is 0.472. The first-order valence-corrected chi connectivity index (χ1v) is 5.75. The normalized spacial score (nSPS) is 10.5. The number of nitriles is 1. The molecule has 0 radical (unpaired) electrons. The number of anilines is 1. The van der Waals surface area contributed by atoms with Crippen LogP contribution >= 0.6 is 11.3 Å². The maximum Gasteiger partial charge on any atom is 0.240 e. The van der Waals surface area contributed by atoms with Crippen LogP contribution in [0.2, 0.25) is 0 Å². The molecule has 0 unspecified atom stereocenters. The molecule has 17 heavy (non-hydrogen) atoms. The van der Waals surface area contributed by atoms with Gasteiger partial charge < -0.3 is 10.2 Å². The first kappa shape index (κ1) is 9.87. The standard InChI is InChI=1S/C12H7N3OS/c13-6-8-11(14)16-12(15-8)10-5-7-3-1-2-4-9(7)17-10/h1-5H,14H2. The molecule has 0 saturated heterocycles. The van der Waals surface area contributed by atoms with Crippen molar-refractivity contribution in [2.24, 2.45) is 0 Å². The number of fused-ring (bicyclic) bond motifs is 1. The molecule has 1 aromatic carbocycles. The molecule has 0 aliphatic carbocycles. The van der Waals surface area contributed by atoms with E-state index in [1.54, 1.807) is 11.3 Å². The Morgan fingerprint density at radius 2 is 2.18 bits per heavy atom. The zero-order valence-electron chi connectivity index (χ0n) is 8.68. The molecule has 3 aromatic rings. The molecular weight excluding hydrogens is 234 g/mol. The zero-order chi connectivity index (χ0) is 11.8. The Morgan fingerprint density at radius 3 is 2.88 bits per heavy atom. The second-order valence-corrected chi connectivity index (χ2v) is 4.58. The van der Waals surface area contributed by atoms with Gasteiger partial charge in [0, 0.05) is 4.70 Å². The first-order valence-electron chi connectivity index (χ1n) is 4.93. The van der Waals surface area contributed by atoms with E-state index in [2.05, 4.69) is 4.98 Å². The number of nitrogen functional groups attached to an aromatic ring is 1. The predicted octanol–water partition coefficient (Wildman–Crippen LogP) is 3.01. The Morgan fingerprint density at radius 1 is 1.35 bits per heavy atom. The van der Waals surface area contributed by atoms with Crippen molar-refractivity contribution in [1.29, 1.82) is 5.26 Å². The largest absolute Gasteiger partial charge is 0.419 e. The first-order chi connectivity index (χ1) is 8.28. The van der Waals surface area contributed by atoms with Crippen LogP contribution in [0.4, 0.5) is 5.88 Å². The molecular formula is C12H7N3OS. The summed E-state index contributed by atoms with van der Waals surface area (Å²) in [5.41, 5.74) is 5.67. The molecule has 3 rings (SSSR count). The fourth-order valence-electron chi connectivity index (χ4n) is 1.60. The van der Waals surface area contributed by atoms with Crippen molar-refractivity contribution >= 4 is 27.3 Å². The number of hydrogen-bond donors (Lipinski definition) is 1. The highest BCUT2D eigenvalue weighted by Crippen LogP contribution is 2.34. The summed E-state index contributed by atoms with van der Waals surface area (Å²) in [6.45, 7) is 0. The molecule has 0 amide bonds. The Kier molecular flexibility index (Phi) is 2.10. The molecule has 0 saturated carbocycles. The van der Waals surface area contributed by atoms with E-state index in [0.717, 1.165) is 15.0 Å². The minimum Gasteiger partial charge on any atom is -0.419 e. The van der Waals surface area contributed by atoms with Crippen LogP contribution in [0.3, 0.4) is 0 Å². The summed E-state index contributed by atoms with van der Waals surface area (Å²) in [5, 5.41) is 9.90. The third kappa shape index (κ3) is 1.55. The maximum absolute atomic E-state index is 8.77. The number of aromatic nitrogens is 1. The molecule has 82 valence electrons.